The van der Waals surface area contributed by atoms with Crippen molar-refractivity contribution in [1.82, 2.24) is 4.57 Å². The third kappa shape index (κ3) is 2.74. The average Bonchev–Trinajstić information content (AvgIpc) is 2.95. The van der Waals surface area contributed by atoms with Crippen LogP contribution in [0.2, 0.25) is 0 Å². The number of benzene rings is 2. The maximum atomic E-state index is 11.8. The lowest BCUT2D eigenvalue weighted by molar-refractivity contribution is 0.101. The van der Waals surface area contributed by atoms with Gasteiger partial charge >= 0.3 is 0 Å². The predicted octanol–water partition coefficient (Wildman–Crippen LogP) is 5.52. The highest BCUT2D eigenvalue weighted by atomic mass is 16.1. The summed E-state index contributed by atoms with van der Waals surface area (Å²) in [4.78, 5) is 11.8. The van der Waals surface area contributed by atoms with E-state index in [0.29, 0.717) is 0 Å². The average molecular weight is 327 g/mol. The van der Waals surface area contributed by atoms with E-state index in [-0.39, 0.29) is 5.78 Å². The number of nitrogens with zero attached hydrogens (tertiary/aromatic N) is 1. The molecular weight excluding hydrogens is 306 g/mol. The van der Waals surface area contributed by atoms with Crippen LogP contribution in [0.25, 0.3) is 23.1 Å². The Hall–Kier alpha value is -2.87. The largest absolute Gasteiger partial charge is 0.341 e. The molecule has 1 aromatic heterocycles. The summed E-state index contributed by atoms with van der Waals surface area (Å²) in [6, 6.07) is 16.5. The van der Waals surface area contributed by atoms with Gasteiger partial charge in [-0.1, -0.05) is 42.5 Å². The number of fused-ring (bicyclic) bond motifs is 3. The Morgan fingerprint density at radius 2 is 1.92 bits per heavy atom. The van der Waals surface area contributed by atoms with Gasteiger partial charge in [0.2, 0.25) is 0 Å². The van der Waals surface area contributed by atoms with E-state index in [1.807, 2.05) is 12.1 Å². The van der Waals surface area contributed by atoms with Crippen molar-refractivity contribution in [2.24, 2.45) is 0 Å². The van der Waals surface area contributed by atoms with Crippen molar-refractivity contribution < 1.29 is 4.79 Å². The van der Waals surface area contributed by atoms with Crippen LogP contribution < -0.4 is 0 Å². The number of carbonyl (C=O) groups excluding carboxylic acids is 1. The first-order chi connectivity index (χ1) is 12.2. The van der Waals surface area contributed by atoms with Gasteiger partial charge in [0, 0.05) is 35.1 Å². The van der Waals surface area contributed by atoms with Crippen LogP contribution in [-0.4, -0.2) is 10.4 Å². The van der Waals surface area contributed by atoms with Crippen LogP contribution in [0.4, 0.5) is 0 Å². The molecule has 0 fully saturated rings. The van der Waals surface area contributed by atoms with Crippen LogP contribution in [0, 0.1) is 0 Å². The van der Waals surface area contributed by atoms with Crippen molar-refractivity contribution in [3.05, 3.63) is 82.6 Å². The number of hydrogen-bond donors (Lipinski definition) is 0. The first-order valence-corrected chi connectivity index (χ1v) is 8.77. The van der Waals surface area contributed by atoms with Crippen molar-refractivity contribution in [3.63, 3.8) is 0 Å². The Kier molecular flexibility index (Phi) is 3.89. The second-order valence-corrected chi connectivity index (χ2v) is 6.54. The Morgan fingerprint density at radius 1 is 1.12 bits per heavy atom. The molecule has 124 valence electrons. The lowest BCUT2D eigenvalue weighted by Gasteiger charge is -2.12. The Balaban J connectivity index is 1.86. The van der Waals surface area contributed by atoms with Gasteiger partial charge in [0.1, 0.15) is 0 Å². The van der Waals surface area contributed by atoms with Gasteiger partial charge in [-0.05, 0) is 54.8 Å². The molecule has 2 heteroatoms. The minimum Gasteiger partial charge on any atom is -0.341 e. The van der Waals surface area contributed by atoms with Gasteiger partial charge in [0.05, 0.1) is 0 Å². The molecule has 1 aliphatic carbocycles. The second-order valence-electron chi connectivity index (χ2n) is 6.54. The number of aryl methyl sites for hydroxylation is 1. The molecule has 0 radical (unpaired) electrons. The lowest BCUT2D eigenvalue weighted by atomic mass is 9.94. The van der Waals surface area contributed by atoms with Crippen LogP contribution in [0.15, 0.2) is 60.2 Å². The van der Waals surface area contributed by atoms with Crippen molar-refractivity contribution in [3.8, 4) is 0 Å². The van der Waals surface area contributed by atoms with Gasteiger partial charge < -0.3 is 4.57 Å². The quantitative estimate of drug-likeness (QED) is 0.581. The van der Waals surface area contributed by atoms with Gasteiger partial charge in [0.25, 0.3) is 0 Å². The molecule has 0 N–H and O–H groups in total. The second kappa shape index (κ2) is 6.21. The fraction of sp³-hybridized carbons (Fsp3) is 0.174. The standard InChI is InChI=1S/C23H21NO/c1-3-24-22-11-9-18(13-17-7-5-4-6-8-17)14-20(22)21-15-19(16(2)25)10-12-23(21)24/h4-13,15H,3,14H2,1-2H3. The highest BCUT2D eigenvalue weighted by molar-refractivity contribution is 6.00. The predicted molar refractivity (Wildman–Crippen MR) is 105 cm³/mol. The van der Waals surface area contributed by atoms with Gasteiger partial charge in [-0.15, -0.1) is 0 Å². The van der Waals surface area contributed by atoms with E-state index in [1.54, 1.807) is 6.92 Å². The first-order valence-electron chi connectivity index (χ1n) is 8.77. The molecule has 0 aliphatic heterocycles. The van der Waals surface area contributed by atoms with E-state index >= 15 is 0 Å². The summed E-state index contributed by atoms with van der Waals surface area (Å²) in [5.41, 5.74) is 7.10. The zero-order valence-electron chi connectivity index (χ0n) is 14.6. The summed E-state index contributed by atoms with van der Waals surface area (Å²) in [7, 11) is 0. The van der Waals surface area contributed by atoms with Gasteiger partial charge in [-0.2, -0.15) is 0 Å². The zero-order valence-corrected chi connectivity index (χ0v) is 14.6. The fourth-order valence-electron chi connectivity index (χ4n) is 3.69. The molecule has 1 aliphatic rings. The number of Topliss-reactive ketones (excluding diaryl/α,β-unsaturated/α-hetero) is 1. The molecule has 0 spiro atoms. The summed E-state index contributed by atoms with van der Waals surface area (Å²) >= 11 is 0. The molecule has 0 amide bonds. The summed E-state index contributed by atoms with van der Waals surface area (Å²) in [5.74, 6) is 0.117. The molecule has 2 nitrogen and oxygen atoms in total. The molecular formula is C23H21NO. The molecule has 25 heavy (non-hydrogen) atoms. The first kappa shape index (κ1) is 15.6. The lowest BCUT2D eigenvalue weighted by Crippen LogP contribution is -2.01. The van der Waals surface area contributed by atoms with E-state index in [1.165, 1.54) is 33.3 Å². The molecule has 0 unspecified atom stereocenters. The fourth-order valence-corrected chi connectivity index (χ4v) is 3.69. The van der Waals surface area contributed by atoms with Crippen LogP contribution in [0.1, 0.15) is 41.0 Å². The zero-order chi connectivity index (χ0) is 17.4. The summed E-state index contributed by atoms with van der Waals surface area (Å²) in [5, 5.41) is 1.20. The third-order valence-electron chi connectivity index (χ3n) is 4.92. The van der Waals surface area contributed by atoms with Crippen molar-refractivity contribution in [2.45, 2.75) is 26.8 Å². The SMILES string of the molecule is CCn1c2c(c3cc(C(C)=O)ccc31)CC(=Cc1ccccc1)C=C2. The minimum atomic E-state index is 0.117. The van der Waals surface area contributed by atoms with E-state index in [0.717, 1.165) is 18.5 Å². The molecule has 4 rings (SSSR count). The van der Waals surface area contributed by atoms with Crippen molar-refractivity contribution in [2.75, 3.05) is 0 Å². The van der Waals surface area contributed by atoms with Gasteiger partial charge in [0.15, 0.2) is 5.78 Å². The van der Waals surface area contributed by atoms with Crippen LogP contribution in [-0.2, 0) is 13.0 Å². The van der Waals surface area contributed by atoms with Crippen molar-refractivity contribution >= 4 is 28.8 Å². The smallest absolute Gasteiger partial charge is 0.159 e. The van der Waals surface area contributed by atoms with E-state index < -0.39 is 0 Å². The molecule has 2 aromatic carbocycles. The molecule has 0 atom stereocenters. The Bertz CT molecular complexity index is 1020. The van der Waals surface area contributed by atoms with Crippen LogP contribution >= 0.6 is 0 Å². The summed E-state index contributed by atoms with van der Waals surface area (Å²) in [6.07, 6.45) is 7.56. The van der Waals surface area contributed by atoms with Crippen LogP contribution in [0.3, 0.4) is 0 Å². The summed E-state index contributed by atoms with van der Waals surface area (Å²) in [6.45, 7) is 4.72. The number of hydrogen-bond acceptors (Lipinski definition) is 1. The Morgan fingerprint density at radius 3 is 2.64 bits per heavy atom. The monoisotopic (exact) mass is 327 g/mol. The number of rotatable bonds is 3. The molecule has 0 saturated heterocycles. The van der Waals surface area contributed by atoms with E-state index in [2.05, 4.69) is 66.1 Å². The highest BCUT2D eigenvalue weighted by Gasteiger charge is 2.19. The molecule has 1 heterocycles. The van der Waals surface area contributed by atoms with Gasteiger partial charge in [-0.25, -0.2) is 0 Å². The molecule has 0 bridgehead atoms. The molecule has 3 aromatic rings. The number of carbonyl (C=O) groups is 1. The third-order valence-corrected chi connectivity index (χ3v) is 4.92. The maximum absolute atomic E-state index is 11.8. The maximum Gasteiger partial charge on any atom is 0.159 e. The van der Waals surface area contributed by atoms with Crippen LogP contribution in [0.5, 0.6) is 0 Å². The summed E-state index contributed by atoms with van der Waals surface area (Å²) < 4.78 is 2.34. The number of aromatic nitrogens is 1. The van der Waals surface area contributed by atoms with E-state index in [9.17, 15) is 4.79 Å². The minimum absolute atomic E-state index is 0.117. The highest BCUT2D eigenvalue weighted by Crippen LogP contribution is 2.34. The Labute approximate surface area is 148 Å². The normalized spacial score (nSPS) is 14.9. The topological polar surface area (TPSA) is 22.0 Å². The number of allylic oxidation sites excluding steroid dienone is 2. The molecule has 0 saturated carbocycles. The number of ketones is 1. The van der Waals surface area contributed by atoms with Gasteiger partial charge in [-0.3, -0.25) is 4.79 Å². The van der Waals surface area contributed by atoms with E-state index in [4.69, 9.17) is 0 Å². The van der Waals surface area contributed by atoms with Crippen molar-refractivity contribution in [1.29, 1.82) is 0 Å².